The molecule has 1 rings (SSSR count). The SMILES string of the molecule is CC(C)COCCCNCc1cc(Cl)ccc1OC(F)F. The van der Waals surface area contributed by atoms with E-state index in [1.165, 1.54) is 12.1 Å². The highest BCUT2D eigenvalue weighted by Gasteiger charge is 2.09. The summed E-state index contributed by atoms with van der Waals surface area (Å²) in [6.07, 6.45) is 0.859. The van der Waals surface area contributed by atoms with Crippen molar-refractivity contribution < 1.29 is 18.3 Å². The van der Waals surface area contributed by atoms with E-state index in [9.17, 15) is 8.78 Å². The van der Waals surface area contributed by atoms with Gasteiger partial charge in [-0.15, -0.1) is 0 Å². The van der Waals surface area contributed by atoms with Gasteiger partial charge in [0.05, 0.1) is 0 Å². The molecule has 0 aliphatic rings. The first-order chi connectivity index (χ1) is 9.99. The fraction of sp³-hybridized carbons (Fsp3) is 0.600. The summed E-state index contributed by atoms with van der Waals surface area (Å²) < 4.78 is 34.5. The maximum absolute atomic E-state index is 12.3. The molecule has 0 heterocycles. The van der Waals surface area contributed by atoms with Crippen LogP contribution in [0, 0.1) is 5.92 Å². The Morgan fingerprint density at radius 2 is 2.05 bits per heavy atom. The lowest BCUT2D eigenvalue weighted by molar-refractivity contribution is -0.0504. The van der Waals surface area contributed by atoms with E-state index < -0.39 is 6.61 Å². The third-order valence-corrected chi connectivity index (χ3v) is 2.88. The molecule has 0 aliphatic carbocycles. The lowest BCUT2D eigenvalue weighted by Gasteiger charge is -2.12. The van der Waals surface area contributed by atoms with Gasteiger partial charge in [0.25, 0.3) is 0 Å². The van der Waals surface area contributed by atoms with Crippen LogP contribution in [0.5, 0.6) is 5.75 Å². The third kappa shape index (κ3) is 8.19. The van der Waals surface area contributed by atoms with E-state index in [1.54, 1.807) is 6.07 Å². The van der Waals surface area contributed by atoms with Crippen LogP contribution < -0.4 is 10.1 Å². The van der Waals surface area contributed by atoms with E-state index in [-0.39, 0.29) is 5.75 Å². The van der Waals surface area contributed by atoms with E-state index in [0.29, 0.717) is 29.7 Å². The van der Waals surface area contributed by atoms with E-state index in [4.69, 9.17) is 16.3 Å². The Morgan fingerprint density at radius 1 is 1.29 bits per heavy atom. The molecule has 0 bridgehead atoms. The molecule has 0 aromatic heterocycles. The number of alkyl halides is 2. The van der Waals surface area contributed by atoms with Crippen LogP contribution in [0.25, 0.3) is 0 Å². The summed E-state index contributed by atoms with van der Waals surface area (Å²) >= 11 is 5.87. The van der Waals surface area contributed by atoms with Gasteiger partial charge in [-0.25, -0.2) is 0 Å². The summed E-state index contributed by atoms with van der Waals surface area (Å²) in [4.78, 5) is 0. The maximum atomic E-state index is 12.3. The third-order valence-electron chi connectivity index (χ3n) is 2.65. The van der Waals surface area contributed by atoms with E-state index in [0.717, 1.165) is 19.6 Å². The summed E-state index contributed by atoms with van der Waals surface area (Å²) in [6, 6.07) is 4.61. The molecule has 1 N–H and O–H groups in total. The largest absolute Gasteiger partial charge is 0.434 e. The molecule has 0 aliphatic heterocycles. The van der Waals surface area contributed by atoms with Gasteiger partial charge in [0.15, 0.2) is 0 Å². The average Bonchev–Trinajstić information content (AvgIpc) is 2.39. The normalized spacial score (nSPS) is 11.4. The fourth-order valence-corrected chi connectivity index (χ4v) is 1.93. The molecule has 1 aromatic rings. The molecular formula is C15H22ClF2NO2. The summed E-state index contributed by atoms with van der Waals surface area (Å²) in [7, 11) is 0. The minimum Gasteiger partial charge on any atom is -0.434 e. The Kier molecular flexibility index (Phi) is 8.57. The van der Waals surface area contributed by atoms with Crippen LogP contribution in [-0.4, -0.2) is 26.4 Å². The minimum atomic E-state index is -2.84. The summed E-state index contributed by atoms with van der Waals surface area (Å²) in [5.74, 6) is 0.677. The molecule has 0 saturated carbocycles. The van der Waals surface area contributed by atoms with Gasteiger partial charge in [0, 0.05) is 30.3 Å². The zero-order valence-electron chi connectivity index (χ0n) is 12.4. The first-order valence-electron chi connectivity index (χ1n) is 7.00. The van der Waals surface area contributed by atoms with Gasteiger partial charge < -0.3 is 14.8 Å². The Hall–Kier alpha value is -0.910. The van der Waals surface area contributed by atoms with Gasteiger partial charge in [0.2, 0.25) is 0 Å². The molecule has 0 amide bonds. The van der Waals surface area contributed by atoms with Gasteiger partial charge in [-0.3, -0.25) is 0 Å². The topological polar surface area (TPSA) is 30.5 Å². The molecule has 6 heteroatoms. The minimum absolute atomic E-state index is 0.151. The number of nitrogens with one attached hydrogen (secondary N) is 1. The standard InChI is InChI=1S/C15H22ClF2NO2/c1-11(2)10-20-7-3-6-19-9-12-8-13(16)4-5-14(12)21-15(17)18/h4-5,8,11,15,19H,3,6-7,9-10H2,1-2H3. The van der Waals surface area contributed by atoms with Crippen molar-refractivity contribution in [2.24, 2.45) is 5.92 Å². The smallest absolute Gasteiger partial charge is 0.387 e. The second-order valence-electron chi connectivity index (χ2n) is 5.13. The number of rotatable bonds is 10. The zero-order chi connectivity index (χ0) is 15.7. The zero-order valence-corrected chi connectivity index (χ0v) is 13.1. The Balaban J connectivity index is 2.32. The number of ether oxygens (including phenoxy) is 2. The number of benzene rings is 1. The number of halogens is 3. The molecule has 0 spiro atoms. The van der Waals surface area contributed by atoms with E-state index >= 15 is 0 Å². The quantitative estimate of drug-likeness (QED) is 0.658. The highest BCUT2D eigenvalue weighted by atomic mass is 35.5. The molecule has 1 aromatic carbocycles. The molecule has 120 valence electrons. The van der Waals surface area contributed by atoms with E-state index in [2.05, 4.69) is 23.9 Å². The maximum Gasteiger partial charge on any atom is 0.387 e. The molecule has 3 nitrogen and oxygen atoms in total. The van der Waals surface area contributed by atoms with Gasteiger partial charge in [-0.1, -0.05) is 25.4 Å². The van der Waals surface area contributed by atoms with Crippen molar-refractivity contribution in [2.45, 2.75) is 33.4 Å². The molecule has 21 heavy (non-hydrogen) atoms. The predicted molar refractivity (Wildman–Crippen MR) is 80.1 cm³/mol. The number of hydrogen-bond donors (Lipinski definition) is 1. The van der Waals surface area contributed by atoms with Gasteiger partial charge in [-0.2, -0.15) is 8.78 Å². The van der Waals surface area contributed by atoms with Crippen molar-refractivity contribution in [3.05, 3.63) is 28.8 Å². The Morgan fingerprint density at radius 3 is 2.71 bits per heavy atom. The van der Waals surface area contributed by atoms with Crippen LogP contribution in [0.1, 0.15) is 25.8 Å². The van der Waals surface area contributed by atoms with Crippen LogP contribution >= 0.6 is 11.6 Å². The fourth-order valence-electron chi connectivity index (χ4n) is 1.74. The Bertz CT molecular complexity index is 417. The predicted octanol–water partition coefficient (Wildman–Crippen LogP) is 4.09. The summed E-state index contributed by atoms with van der Waals surface area (Å²) in [5.41, 5.74) is 0.617. The lowest BCUT2D eigenvalue weighted by atomic mass is 10.2. The monoisotopic (exact) mass is 321 g/mol. The second-order valence-corrected chi connectivity index (χ2v) is 5.57. The highest BCUT2D eigenvalue weighted by molar-refractivity contribution is 6.30. The molecule has 0 saturated heterocycles. The summed E-state index contributed by atoms with van der Waals surface area (Å²) in [5, 5.41) is 3.66. The van der Waals surface area contributed by atoms with Crippen LogP contribution in [0.2, 0.25) is 5.02 Å². The Labute approximate surface area is 129 Å². The second kappa shape index (κ2) is 9.92. The first kappa shape index (κ1) is 18.1. The van der Waals surface area contributed by atoms with Crippen molar-refractivity contribution in [3.63, 3.8) is 0 Å². The van der Waals surface area contributed by atoms with Crippen molar-refractivity contribution in [1.82, 2.24) is 5.32 Å². The highest BCUT2D eigenvalue weighted by Crippen LogP contribution is 2.24. The average molecular weight is 322 g/mol. The van der Waals surface area contributed by atoms with E-state index in [1.807, 2.05) is 0 Å². The van der Waals surface area contributed by atoms with Crippen LogP contribution in [-0.2, 0) is 11.3 Å². The molecular weight excluding hydrogens is 300 g/mol. The molecule has 0 fully saturated rings. The van der Waals surface area contributed by atoms with Crippen molar-refractivity contribution in [3.8, 4) is 5.75 Å². The van der Waals surface area contributed by atoms with Gasteiger partial charge >= 0.3 is 6.61 Å². The molecule has 0 atom stereocenters. The summed E-state index contributed by atoms with van der Waals surface area (Å²) in [6.45, 7) is 3.95. The van der Waals surface area contributed by atoms with Crippen molar-refractivity contribution in [2.75, 3.05) is 19.8 Å². The molecule has 0 radical (unpaired) electrons. The van der Waals surface area contributed by atoms with Gasteiger partial charge in [-0.05, 0) is 37.1 Å². The van der Waals surface area contributed by atoms with Crippen LogP contribution in [0.3, 0.4) is 0 Å². The molecule has 0 unspecified atom stereocenters. The van der Waals surface area contributed by atoms with Crippen LogP contribution in [0.15, 0.2) is 18.2 Å². The van der Waals surface area contributed by atoms with Crippen molar-refractivity contribution >= 4 is 11.6 Å². The van der Waals surface area contributed by atoms with Gasteiger partial charge in [0.1, 0.15) is 5.75 Å². The lowest BCUT2D eigenvalue weighted by Crippen LogP contribution is -2.18. The number of hydrogen-bond acceptors (Lipinski definition) is 3. The van der Waals surface area contributed by atoms with Crippen LogP contribution in [0.4, 0.5) is 8.78 Å². The first-order valence-corrected chi connectivity index (χ1v) is 7.38. The van der Waals surface area contributed by atoms with Crippen molar-refractivity contribution in [1.29, 1.82) is 0 Å².